The summed E-state index contributed by atoms with van der Waals surface area (Å²) in [5.41, 5.74) is 0.727. The summed E-state index contributed by atoms with van der Waals surface area (Å²) in [6.45, 7) is 1.78. The lowest BCUT2D eigenvalue weighted by molar-refractivity contribution is 0.397. The first kappa shape index (κ1) is 4.92. The minimum Gasteiger partial charge on any atom is -0.360 e. The van der Waals surface area contributed by atoms with Gasteiger partial charge in [-0.15, -0.1) is 6.42 Å². The van der Waals surface area contributed by atoms with E-state index in [1.54, 1.807) is 6.92 Å². The standard InChI is InChI=1S/C6H5NO/c1-3-6-4-7-8-5(6)2/h1,4H,2H3. The Balaban J connectivity index is 3.15. The molecule has 0 fully saturated rings. The lowest BCUT2D eigenvalue weighted by Crippen LogP contribution is -1.67. The molecule has 40 valence electrons. The predicted octanol–water partition coefficient (Wildman–Crippen LogP) is 0.964. The van der Waals surface area contributed by atoms with Gasteiger partial charge < -0.3 is 4.52 Å². The van der Waals surface area contributed by atoms with Crippen molar-refractivity contribution in [3.8, 4) is 12.3 Å². The zero-order valence-corrected chi connectivity index (χ0v) is 4.51. The highest BCUT2D eigenvalue weighted by atomic mass is 16.5. The number of aryl methyl sites for hydroxylation is 1. The van der Waals surface area contributed by atoms with Crippen molar-refractivity contribution >= 4 is 0 Å². The summed E-state index contributed by atoms with van der Waals surface area (Å²) in [6.07, 6.45) is 6.57. The van der Waals surface area contributed by atoms with E-state index in [-0.39, 0.29) is 0 Å². The zero-order valence-electron chi connectivity index (χ0n) is 4.51. The summed E-state index contributed by atoms with van der Waals surface area (Å²) in [5.74, 6) is 3.12. The molecule has 0 N–H and O–H groups in total. The fraction of sp³-hybridized carbons (Fsp3) is 0.167. The predicted molar refractivity (Wildman–Crippen MR) is 29.2 cm³/mol. The van der Waals surface area contributed by atoms with E-state index in [9.17, 15) is 0 Å². The van der Waals surface area contributed by atoms with Gasteiger partial charge in [0.2, 0.25) is 0 Å². The van der Waals surface area contributed by atoms with Gasteiger partial charge in [-0.3, -0.25) is 0 Å². The van der Waals surface area contributed by atoms with Gasteiger partial charge in [0.25, 0.3) is 0 Å². The molecule has 0 radical (unpaired) electrons. The molecule has 0 bridgehead atoms. The van der Waals surface area contributed by atoms with E-state index in [0.29, 0.717) is 5.76 Å². The van der Waals surface area contributed by atoms with Crippen molar-refractivity contribution in [2.75, 3.05) is 0 Å². The Kier molecular flexibility index (Phi) is 1.05. The van der Waals surface area contributed by atoms with Crippen LogP contribution in [-0.4, -0.2) is 5.16 Å². The molecular weight excluding hydrogens is 102 g/mol. The average Bonchev–Trinajstić information content (AvgIpc) is 2.14. The first-order valence-electron chi connectivity index (χ1n) is 2.22. The van der Waals surface area contributed by atoms with E-state index in [0.717, 1.165) is 5.56 Å². The Hall–Kier alpha value is -1.23. The molecule has 1 rings (SSSR count). The van der Waals surface area contributed by atoms with Crippen LogP contribution in [0.2, 0.25) is 0 Å². The molecule has 0 aromatic carbocycles. The highest BCUT2D eigenvalue weighted by Crippen LogP contribution is 2.01. The van der Waals surface area contributed by atoms with Crippen molar-refractivity contribution in [2.24, 2.45) is 0 Å². The fourth-order valence-electron chi connectivity index (χ4n) is 0.437. The Morgan fingerprint density at radius 3 is 2.88 bits per heavy atom. The third-order valence-corrected chi connectivity index (χ3v) is 0.906. The summed E-state index contributed by atoms with van der Waals surface area (Å²) in [6, 6.07) is 0. The smallest absolute Gasteiger partial charge is 0.149 e. The largest absolute Gasteiger partial charge is 0.360 e. The molecule has 0 saturated carbocycles. The van der Waals surface area contributed by atoms with E-state index >= 15 is 0 Å². The number of nitrogens with zero attached hydrogens (tertiary/aromatic N) is 1. The maximum Gasteiger partial charge on any atom is 0.149 e. The van der Waals surface area contributed by atoms with Crippen LogP contribution < -0.4 is 0 Å². The van der Waals surface area contributed by atoms with Crippen LogP contribution in [0.3, 0.4) is 0 Å². The monoisotopic (exact) mass is 107 g/mol. The molecule has 1 heterocycles. The molecule has 8 heavy (non-hydrogen) atoms. The van der Waals surface area contributed by atoms with Crippen molar-refractivity contribution < 1.29 is 4.52 Å². The third kappa shape index (κ3) is 0.584. The number of terminal acetylenes is 1. The van der Waals surface area contributed by atoms with Gasteiger partial charge in [-0.2, -0.15) is 0 Å². The minimum atomic E-state index is 0.701. The highest BCUT2D eigenvalue weighted by Gasteiger charge is 1.94. The molecule has 0 spiro atoms. The van der Waals surface area contributed by atoms with Gasteiger partial charge in [0, 0.05) is 0 Å². The summed E-state index contributed by atoms with van der Waals surface area (Å²) >= 11 is 0. The first-order chi connectivity index (χ1) is 3.84. The lowest BCUT2D eigenvalue weighted by atomic mass is 10.3. The van der Waals surface area contributed by atoms with Gasteiger partial charge in [-0.05, 0) is 6.92 Å². The second-order valence-electron chi connectivity index (χ2n) is 1.44. The molecule has 0 aliphatic heterocycles. The lowest BCUT2D eigenvalue weighted by Gasteiger charge is -1.75. The van der Waals surface area contributed by atoms with Crippen LogP contribution in [-0.2, 0) is 0 Å². The molecule has 0 aliphatic carbocycles. The molecule has 0 atom stereocenters. The topological polar surface area (TPSA) is 26.0 Å². The van der Waals surface area contributed by atoms with Crippen molar-refractivity contribution in [2.45, 2.75) is 6.92 Å². The quantitative estimate of drug-likeness (QED) is 0.461. The van der Waals surface area contributed by atoms with Crippen LogP contribution in [0.4, 0.5) is 0 Å². The number of rotatable bonds is 0. The summed E-state index contributed by atoms with van der Waals surface area (Å²) in [4.78, 5) is 0. The maximum atomic E-state index is 5.05. The van der Waals surface area contributed by atoms with Gasteiger partial charge >= 0.3 is 0 Å². The van der Waals surface area contributed by atoms with E-state index < -0.39 is 0 Å². The molecule has 1 aromatic heterocycles. The summed E-state index contributed by atoms with van der Waals surface area (Å²) < 4.78 is 4.66. The fourth-order valence-corrected chi connectivity index (χ4v) is 0.437. The van der Waals surface area contributed by atoms with Crippen molar-refractivity contribution in [3.63, 3.8) is 0 Å². The average molecular weight is 107 g/mol. The Labute approximate surface area is 47.5 Å². The minimum absolute atomic E-state index is 0.701. The third-order valence-electron chi connectivity index (χ3n) is 0.906. The second kappa shape index (κ2) is 1.71. The molecule has 2 heteroatoms. The van der Waals surface area contributed by atoms with Gasteiger partial charge in [-0.25, -0.2) is 0 Å². The first-order valence-corrected chi connectivity index (χ1v) is 2.22. The van der Waals surface area contributed by atoms with E-state index in [1.165, 1.54) is 6.20 Å². The molecule has 0 amide bonds. The van der Waals surface area contributed by atoms with E-state index in [1.807, 2.05) is 0 Å². The van der Waals surface area contributed by atoms with Gasteiger partial charge in [0.15, 0.2) is 0 Å². The van der Waals surface area contributed by atoms with Crippen molar-refractivity contribution in [1.29, 1.82) is 0 Å². The summed E-state index contributed by atoms with van der Waals surface area (Å²) in [5, 5.41) is 3.48. The molecular formula is C6H5NO. The van der Waals surface area contributed by atoms with Crippen LogP contribution in [0.1, 0.15) is 11.3 Å². The van der Waals surface area contributed by atoms with Gasteiger partial charge in [-0.1, -0.05) is 11.1 Å². The number of aromatic nitrogens is 1. The van der Waals surface area contributed by atoms with Crippen molar-refractivity contribution in [3.05, 3.63) is 17.5 Å². The Morgan fingerprint density at radius 2 is 2.62 bits per heavy atom. The zero-order chi connectivity index (χ0) is 5.98. The van der Waals surface area contributed by atoms with E-state index in [2.05, 4.69) is 15.6 Å². The van der Waals surface area contributed by atoms with Gasteiger partial charge in [0.05, 0.1) is 11.8 Å². The van der Waals surface area contributed by atoms with Crippen LogP contribution in [0.25, 0.3) is 0 Å². The van der Waals surface area contributed by atoms with Gasteiger partial charge in [0.1, 0.15) is 5.76 Å². The normalized spacial score (nSPS) is 8.50. The SMILES string of the molecule is C#Cc1cnoc1C. The molecule has 1 aromatic rings. The van der Waals surface area contributed by atoms with Crippen molar-refractivity contribution in [1.82, 2.24) is 5.16 Å². The molecule has 0 aliphatic rings. The Bertz CT molecular complexity index is 219. The maximum absolute atomic E-state index is 5.05. The second-order valence-corrected chi connectivity index (χ2v) is 1.44. The van der Waals surface area contributed by atoms with Crippen LogP contribution in [0.5, 0.6) is 0 Å². The molecule has 0 unspecified atom stereocenters. The molecule has 0 saturated heterocycles. The summed E-state index contributed by atoms with van der Waals surface area (Å²) in [7, 11) is 0. The number of hydrogen-bond donors (Lipinski definition) is 0. The van der Waals surface area contributed by atoms with Crippen LogP contribution in [0.15, 0.2) is 10.7 Å². The van der Waals surface area contributed by atoms with Crippen LogP contribution in [0, 0.1) is 19.3 Å². The van der Waals surface area contributed by atoms with E-state index in [4.69, 9.17) is 6.42 Å². The molecule has 2 nitrogen and oxygen atoms in total. The Morgan fingerprint density at radius 1 is 1.88 bits per heavy atom. The highest BCUT2D eigenvalue weighted by molar-refractivity contribution is 5.30. The van der Waals surface area contributed by atoms with Crippen LogP contribution >= 0.6 is 0 Å². The number of hydrogen-bond acceptors (Lipinski definition) is 2.